The van der Waals surface area contributed by atoms with Gasteiger partial charge in [-0.1, -0.05) is 6.07 Å². The molecule has 0 saturated carbocycles. The topological polar surface area (TPSA) is 102 Å². The molecule has 7 heteroatoms. The number of nitrogens with two attached hydrogens (primary N) is 1. The van der Waals surface area contributed by atoms with Crippen LogP contribution in [0.4, 0.5) is 5.69 Å². The second kappa shape index (κ2) is 6.95. The lowest BCUT2D eigenvalue weighted by molar-refractivity contribution is -0.385. The van der Waals surface area contributed by atoms with Gasteiger partial charge in [-0.3, -0.25) is 15.5 Å². The molecule has 0 spiro atoms. The number of unbranched alkanes of at least 4 members (excludes halogenated alkanes) is 1. The van der Waals surface area contributed by atoms with Crippen molar-refractivity contribution in [2.75, 3.05) is 6.61 Å². The molecule has 18 heavy (non-hydrogen) atoms. The first-order valence-electron chi connectivity index (χ1n) is 5.41. The van der Waals surface area contributed by atoms with Crippen LogP contribution in [0, 0.1) is 15.5 Å². The van der Waals surface area contributed by atoms with Crippen molar-refractivity contribution in [2.45, 2.75) is 19.3 Å². The molecule has 6 nitrogen and oxygen atoms in total. The molecular formula is C11H14BrN3O3. The van der Waals surface area contributed by atoms with Crippen LogP contribution in [0.25, 0.3) is 0 Å². The number of ether oxygens (including phenoxy) is 1. The number of nitrogens with one attached hydrogen (secondary N) is 1. The minimum atomic E-state index is -0.466. The van der Waals surface area contributed by atoms with Crippen molar-refractivity contribution in [2.24, 2.45) is 5.73 Å². The Morgan fingerprint density at radius 2 is 2.22 bits per heavy atom. The fourth-order valence-corrected chi connectivity index (χ4v) is 1.87. The Morgan fingerprint density at radius 1 is 1.50 bits per heavy atom. The van der Waals surface area contributed by atoms with Crippen molar-refractivity contribution in [3.05, 3.63) is 32.8 Å². The molecule has 0 radical (unpaired) electrons. The minimum Gasteiger partial charge on any atom is -0.492 e. The zero-order chi connectivity index (χ0) is 13.5. The molecule has 1 aromatic carbocycles. The van der Waals surface area contributed by atoms with Gasteiger partial charge in [-0.15, -0.1) is 0 Å². The largest absolute Gasteiger partial charge is 0.492 e. The van der Waals surface area contributed by atoms with E-state index in [1.54, 1.807) is 12.1 Å². The Kier molecular flexibility index (Phi) is 5.57. The van der Waals surface area contributed by atoms with Crippen molar-refractivity contribution in [1.29, 1.82) is 5.41 Å². The third kappa shape index (κ3) is 4.33. The van der Waals surface area contributed by atoms with Crippen LogP contribution in [0.3, 0.4) is 0 Å². The third-order valence-corrected chi connectivity index (χ3v) is 3.03. The van der Waals surface area contributed by atoms with Gasteiger partial charge in [-0.05, 0) is 34.8 Å². The van der Waals surface area contributed by atoms with E-state index < -0.39 is 4.92 Å². The average molecular weight is 316 g/mol. The van der Waals surface area contributed by atoms with Gasteiger partial charge in [0.2, 0.25) is 0 Å². The van der Waals surface area contributed by atoms with Crippen LogP contribution in [0.2, 0.25) is 0 Å². The second-order valence-electron chi connectivity index (χ2n) is 3.68. The van der Waals surface area contributed by atoms with Crippen molar-refractivity contribution >= 4 is 27.5 Å². The van der Waals surface area contributed by atoms with Crippen LogP contribution in [0.15, 0.2) is 22.7 Å². The fraction of sp³-hybridized carbons (Fsp3) is 0.364. The molecule has 98 valence electrons. The van der Waals surface area contributed by atoms with E-state index in [2.05, 4.69) is 15.9 Å². The van der Waals surface area contributed by atoms with E-state index in [9.17, 15) is 10.1 Å². The molecule has 0 atom stereocenters. The van der Waals surface area contributed by atoms with Gasteiger partial charge in [0.15, 0.2) is 0 Å². The Labute approximate surface area is 113 Å². The maximum Gasteiger partial charge on any atom is 0.287 e. The molecule has 0 bridgehead atoms. The minimum absolute atomic E-state index is 0.0174. The molecule has 0 fully saturated rings. The molecule has 0 aliphatic heterocycles. The van der Waals surface area contributed by atoms with Gasteiger partial charge in [-0.2, -0.15) is 0 Å². The summed E-state index contributed by atoms with van der Waals surface area (Å²) in [7, 11) is 0. The smallest absolute Gasteiger partial charge is 0.287 e. The molecular weight excluding hydrogens is 302 g/mol. The quantitative estimate of drug-likeness (QED) is 0.265. The van der Waals surface area contributed by atoms with Crippen molar-refractivity contribution in [3.63, 3.8) is 0 Å². The summed E-state index contributed by atoms with van der Waals surface area (Å²) < 4.78 is 5.80. The first-order valence-corrected chi connectivity index (χ1v) is 6.20. The van der Waals surface area contributed by atoms with Crippen LogP contribution in [-0.2, 0) is 0 Å². The number of amidine groups is 1. The fourth-order valence-electron chi connectivity index (χ4n) is 1.35. The lowest BCUT2D eigenvalue weighted by Crippen LogP contribution is -2.09. The zero-order valence-electron chi connectivity index (χ0n) is 9.69. The number of nitro benzene ring substituents is 1. The van der Waals surface area contributed by atoms with Crippen molar-refractivity contribution in [1.82, 2.24) is 0 Å². The van der Waals surface area contributed by atoms with Crippen LogP contribution in [-0.4, -0.2) is 17.4 Å². The molecule has 0 unspecified atom stereocenters. The average Bonchev–Trinajstić information content (AvgIpc) is 2.30. The Bertz CT molecular complexity index is 451. The summed E-state index contributed by atoms with van der Waals surface area (Å²) in [5.41, 5.74) is 5.21. The monoisotopic (exact) mass is 315 g/mol. The summed E-state index contributed by atoms with van der Waals surface area (Å²) in [6, 6.07) is 4.66. The van der Waals surface area contributed by atoms with Crippen LogP contribution < -0.4 is 10.5 Å². The molecule has 0 amide bonds. The van der Waals surface area contributed by atoms with Crippen LogP contribution in [0.1, 0.15) is 19.3 Å². The van der Waals surface area contributed by atoms with Gasteiger partial charge in [0.25, 0.3) is 5.69 Å². The molecule has 1 aromatic rings. The summed E-state index contributed by atoms with van der Waals surface area (Å²) in [5, 5.41) is 17.8. The standard InChI is InChI=1S/C11H14BrN3O3/c12-11-8(15(16)17)4-3-5-9(11)18-7-2-1-6-10(13)14/h3-5H,1-2,6-7H2,(H3,13,14). The highest BCUT2D eigenvalue weighted by Gasteiger charge is 2.15. The Morgan fingerprint density at radius 3 is 2.83 bits per heavy atom. The van der Waals surface area contributed by atoms with Gasteiger partial charge >= 0.3 is 0 Å². The summed E-state index contributed by atoms with van der Waals surface area (Å²) in [5.74, 6) is 0.610. The number of nitro groups is 1. The van der Waals surface area contributed by atoms with Gasteiger partial charge in [-0.25, -0.2) is 0 Å². The summed E-state index contributed by atoms with van der Waals surface area (Å²) in [6.45, 7) is 0.438. The number of halogens is 1. The third-order valence-electron chi connectivity index (χ3n) is 2.24. The van der Waals surface area contributed by atoms with Gasteiger partial charge in [0, 0.05) is 12.5 Å². The number of benzene rings is 1. The first kappa shape index (κ1) is 14.4. The second-order valence-corrected chi connectivity index (χ2v) is 4.47. The SMILES string of the molecule is N=C(N)CCCCOc1cccc([N+](=O)[O-])c1Br. The molecule has 0 heterocycles. The Balaban J connectivity index is 2.50. The number of hydrogen-bond acceptors (Lipinski definition) is 4. The van der Waals surface area contributed by atoms with Crippen LogP contribution in [0.5, 0.6) is 5.75 Å². The normalized spacial score (nSPS) is 10.1. The van der Waals surface area contributed by atoms with Crippen LogP contribution >= 0.6 is 15.9 Å². The molecule has 0 saturated heterocycles. The maximum atomic E-state index is 10.7. The lowest BCUT2D eigenvalue weighted by Gasteiger charge is -2.07. The molecule has 1 rings (SSSR count). The predicted molar refractivity (Wildman–Crippen MR) is 72.1 cm³/mol. The highest BCUT2D eigenvalue weighted by molar-refractivity contribution is 9.10. The highest BCUT2D eigenvalue weighted by Crippen LogP contribution is 2.33. The summed E-state index contributed by atoms with van der Waals surface area (Å²) in [6.07, 6.45) is 2.05. The van der Waals surface area contributed by atoms with E-state index in [1.807, 2.05) is 0 Å². The maximum absolute atomic E-state index is 10.7. The number of rotatable bonds is 7. The predicted octanol–water partition coefficient (Wildman–Crippen LogP) is 2.84. The highest BCUT2D eigenvalue weighted by atomic mass is 79.9. The van der Waals surface area contributed by atoms with Crippen molar-refractivity contribution < 1.29 is 9.66 Å². The van der Waals surface area contributed by atoms with Gasteiger partial charge in [0.1, 0.15) is 10.2 Å². The van der Waals surface area contributed by atoms with E-state index in [1.165, 1.54) is 6.07 Å². The molecule has 0 aromatic heterocycles. The van der Waals surface area contributed by atoms with Crippen molar-refractivity contribution in [3.8, 4) is 5.75 Å². The van der Waals surface area contributed by atoms with E-state index in [0.717, 1.165) is 12.8 Å². The number of hydrogen-bond donors (Lipinski definition) is 2. The van der Waals surface area contributed by atoms with E-state index in [4.69, 9.17) is 15.9 Å². The van der Waals surface area contributed by atoms with E-state index >= 15 is 0 Å². The molecule has 0 aliphatic carbocycles. The number of nitrogens with zero attached hydrogens (tertiary/aromatic N) is 1. The summed E-state index contributed by atoms with van der Waals surface area (Å²) in [4.78, 5) is 10.2. The van der Waals surface area contributed by atoms with E-state index in [-0.39, 0.29) is 11.5 Å². The first-order chi connectivity index (χ1) is 8.52. The zero-order valence-corrected chi connectivity index (χ0v) is 11.3. The van der Waals surface area contributed by atoms with Gasteiger partial charge in [0.05, 0.1) is 17.4 Å². The van der Waals surface area contributed by atoms with E-state index in [0.29, 0.717) is 23.2 Å². The lowest BCUT2D eigenvalue weighted by atomic mass is 10.2. The van der Waals surface area contributed by atoms with Gasteiger partial charge < -0.3 is 10.5 Å². The molecule has 3 N–H and O–H groups in total. The summed E-state index contributed by atoms with van der Waals surface area (Å²) >= 11 is 3.15. The Hall–Kier alpha value is -1.63. The molecule has 0 aliphatic rings.